The van der Waals surface area contributed by atoms with Gasteiger partial charge in [0.1, 0.15) is 12.4 Å². The summed E-state index contributed by atoms with van der Waals surface area (Å²) >= 11 is 5.88. The fraction of sp³-hybridized carbons (Fsp3) is 0.235. The van der Waals surface area contributed by atoms with Crippen LogP contribution in [0.3, 0.4) is 0 Å². The molecule has 22 heavy (non-hydrogen) atoms. The standard InChI is InChI=1S/C17H19ClN2O2/c1-12-5-3-4-6-16(12)22-10-9-19-17(21)20-15-8-7-14(18)11-13(15)2/h3-8,11H,9-10H2,1-2H3,(H2,19,20,21). The van der Waals surface area contributed by atoms with Crippen LogP contribution in [0.4, 0.5) is 10.5 Å². The average molecular weight is 319 g/mol. The highest BCUT2D eigenvalue weighted by molar-refractivity contribution is 6.30. The average Bonchev–Trinajstić information content (AvgIpc) is 2.48. The molecule has 2 aromatic carbocycles. The molecule has 2 amide bonds. The van der Waals surface area contributed by atoms with E-state index < -0.39 is 0 Å². The minimum atomic E-state index is -0.265. The summed E-state index contributed by atoms with van der Waals surface area (Å²) in [4.78, 5) is 11.8. The number of benzene rings is 2. The number of halogens is 1. The van der Waals surface area contributed by atoms with E-state index in [-0.39, 0.29) is 6.03 Å². The summed E-state index contributed by atoms with van der Waals surface area (Å²) in [6.07, 6.45) is 0. The first-order valence-corrected chi connectivity index (χ1v) is 7.43. The Morgan fingerprint density at radius 3 is 2.64 bits per heavy atom. The molecule has 0 aliphatic rings. The van der Waals surface area contributed by atoms with Crippen LogP contribution in [-0.2, 0) is 0 Å². The molecule has 0 aromatic heterocycles. The molecule has 0 radical (unpaired) electrons. The van der Waals surface area contributed by atoms with Gasteiger partial charge in [0.2, 0.25) is 0 Å². The predicted molar refractivity (Wildman–Crippen MR) is 89.9 cm³/mol. The second-order valence-corrected chi connectivity index (χ2v) is 5.39. The molecular weight excluding hydrogens is 300 g/mol. The number of anilines is 1. The molecule has 4 nitrogen and oxygen atoms in total. The van der Waals surface area contributed by atoms with Crippen LogP contribution in [-0.4, -0.2) is 19.2 Å². The van der Waals surface area contributed by atoms with E-state index in [0.717, 1.165) is 22.6 Å². The van der Waals surface area contributed by atoms with E-state index in [4.69, 9.17) is 16.3 Å². The molecule has 0 spiro atoms. The van der Waals surface area contributed by atoms with Crippen molar-refractivity contribution >= 4 is 23.3 Å². The molecule has 0 bridgehead atoms. The highest BCUT2D eigenvalue weighted by Gasteiger charge is 2.04. The lowest BCUT2D eigenvalue weighted by atomic mass is 10.2. The minimum Gasteiger partial charge on any atom is -0.491 e. The minimum absolute atomic E-state index is 0.265. The zero-order valence-electron chi connectivity index (χ0n) is 12.7. The zero-order valence-corrected chi connectivity index (χ0v) is 13.4. The van der Waals surface area contributed by atoms with E-state index in [1.54, 1.807) is 18.2 Å². The van der Waals surface area contributed by atoms with Gasteiger partial charge < -0.3 is 15.4 Å². The van der Waals surface area contributed by atoms with Crippen LogP contribution < -0.4 is 15.4 Å². The molecule has 2 aromatic rings. The Balaban J connectivity index is 1.75. The Hall–Kier alpha value is -2.20. The Kier molecular flexibility index (Phi) is 5.67. The number of para-hydroxylation sites is 1. The number of carbonyl (C=O) groups is 1. The van der Waals surface area contributed by atoms with Crippen LogP contribution in [0.1, 0.15) is 11.1 Å². The van der Waals surface area contributed by atoms with Gasteiger partial charge in [-0.15, -0.1) is 0 Å². The van der Waals surface area contributed by atoms with Gasteiger partial charge in [-0.25, -0.2) is 4.79 Å². The summed E-state index contributed by atoms with van der Waals surface area (Å²) in [7, 11) is 0. The van der Waals surface area contributed by atoms with Gasteiger partial charge >= 0.3 is 6.03 Å². The third-order valence-corrected chi connectivity index (χ3v) is 3.41. The molecule has 116 valence electrons. The fourth-order valence-corrected chi connectivity index (χ4v) is 2.20. The first-order valence-electron chi connectivity index (χ1n) is 7.05. The lowest BCUT2D eigenvalue weighted by Crippen LogP contribution is -2.32. The SMILES string of the molecule is Cc1cc(Cl)ccc1NC(=O)NCCOc1ccccc1C. The highest BCUT2D eigenvalue weighted by Crippen LogP contribution is 2.19. The summed E-state index contributed by atoms with van der Waals surface area (Å²) in [5.41, 5.74) is 2.73. The first-order chi connectivity index (χ1) is 10.6. The lowest BCUT2D eigenvalue weighted by Gasteiger charge is -2.11. The van der Waals surface area contributed by atoms with Crippen molar-refractivity contribution in [2.24, 2.45) is 0 Å². The maximum absolute atomic E-state index is 11.8. The molecule has 0 fully saturated rings. The third-order valence-electron chi connectivity index (χ3n) is 3.18. The van der Waals surface area contributed by atoms with Crippen molar-refractivity contribution in [2.75, 3.05) is 18.5 Å². The van der Waals surface area contributed by atoms with E-state index in [2.05, 4.69) is 10.6 Å². The maximum atomic E-state index is 11.8. The molecule has 0 saturated heterocycles. The van der Waals surface area contributed by atoms with E-state index in [0.29, 0.717) is 18.2 Å². The van der Waals surface area contributed by atoms with Gasteiger partial charge in [0.15, 0.2) is 0 Å². The van der Waals surface area contributed by atoms with Crippen LogP contribution in [0.25, 0.3) is 0 Å². The number of amides is 2. The smallest absolute Gasteiger partial charge is 0.319 e. The highest BCUT2D eigenvalue weighted by atomic mass is 35.5. The van der Waals surface area contributed by atoms with Crippen molar-refractivity contribution in [3.8, 4) is 5.75 Å². The molecule has 0 atom stereocenters. The normalized spacial score (nSPS) is 10.1. The van der Waals surface area contributed by atoms with Crippen molar-refractivity contribution < 1.29 is 9.53 Å². The number of rotatable bonds is 5. The summed E-state index contributed by atoms with van der Waals surface area (Å²) in [6, 6.07) is 12.8. The molecule has 0 aliphatic carbocycles. The van der Waals surface area contributed by atoms with Gasteiger partial charge in [0.25, 0.3) is 0 Å². The van der Waals surface area contributed by atoms with E-state index in [1.165, 1.54) is 0 Å². The molecule has 0 heterocycles. The van der Waals surface area contributed by atoms with Gasteiger partial charge in [0.05, 0.1) is 6.54 Å². The molecule has 0 saturated carbocycles. The Labute approximate surface area is 135 Å². The first kappa shape index (κ1) is 16.2. The van der Waals surface area contributed by atoms with Crippen molar-refractivity contribution in [3.05, 3.63) is 58.6 Å². The molecular formula is C17H19ClN2O2. The van der Waals surface area contributed by atoms with E-state index in [1.807, 2.05) is 38.1 Å². The fourth-order valence-electron chi connectivity index (χ4n) is 1.98. The summed E-state index contributed by atoms with van der Waals surface area (Å²) in [6.45, 7) is 4.71. The van der Waals surface area contributed by atoms with Gasteiger partial charge in [-0.3, -0.25) is 0 Å². The number of nitrogens with one attached hydrogen (secondary N) is 2. The number of carbonyl (C=O) groups excluding carboxylic acids is 1. The molecule has 2 N–H and O–H groups in total. The third kappa shape index (κ3) is 4.67. The van der Waals surface area contributed by atoms with Crippen LogP contribution in [0, 0.1) is 13.8 Å². The largest absolute Gasteiger partial charge is 0.491 e. The van der Waals surface area contributed by atoms with Crippen LogP contribution in [0.5, 0.6) is 5.75 Å². The van der Waals surface area contributed by atoms with Gasteiger partial charge in [0, 0.05) is 10.7 Å². The van der Waals surface area contributed by atoms with Crippen molar-refractivity contribution in [3.63, 3.8) is 0 Å². The van der Waals surface area contributed by atoms with Crippen LogP contribution in [0.2, 0.25) is 5.02 Å². The van der Waals surface area contributed by atoms with E-state index >= 15 is 0 Å². The number of ether oxygens (including phenoxy) is 1. The van der Waals surface area contributed by atoms with Crippen LogP contribution >= 0.6 is 11.6 Å². The summed E-state index contributed by atoms with van der Waals surface area (Å²) < 4.78 is 5.62. The van der Waals surface area contributed by atoms with Gasteiger partial charge in [-0.05, 0) is 49.2 Å². The molecule has 5 heteroatoms. The van der Waals surface area contributed by atoms with Crippen molar-refractivity contribution in [2.45, 2.75) is 13.8 Å². The van der Waals surface area contributed by atoms with Gasteiger partial charge in [-0.2, -0.15) is 0 Å². The molecule has 2 rings (SSSR count). The predicted octanol–water partition coefficient (Wildman–Crippen LogP) is 4.16. The zero-order chi connectivity index (χ0) is 15.9. The van der Waals surface area contributed by atoms with Crippen LogP contribution in [0.15, 0.2) is 42.5 Å². The number of hydrogen-bond donors (Lipinski definition) is 2. The Morgan fingerprint density at radius 1 is 1.14 bits per heavy atom. The number of urea groups is 1. The number of aryl methyl sites for hydroxylation is 2. The maximum Gasteiger partial charge on any atom is 0.319 e. The summed E-state index contributed by atoms with van der Waals surface area (Å²) in [5.74, 6) is 0.832. The number of hydrogen-bond acceptors (Lipinski definition) is 2. The van der Waals surface area contributed by atoms with E-state index in [9.17, 15) is 4.79 Å². The molecule has 0 unspecified atom stereocenters. The second kappa shape index (κ2) is 7.71. The van der Waals surface area contributed by atoms with Crippen molar-refractivity contribution in [1.29, 1.82) is 0 Å². The molecule has 0 aliphatic heterocycles. The Bertz CT molecular complexity index is 659. The lowest BCUT2D eigenvalue weighted by molar-refractivity contribution is 0.247. The van der Waals surface area contributed by atoms with Crippen molar-refractivity contribution in [1.82, 2.24) is 5.32 Å². The quantitative estimate of drug-likeness (QED) is 0.813. The second-order valence-electron chi connectivity index (χ2n) is 4.95. The monoisotopic (exact) mass is 318 g/mol. The van der Waals surface area contributed by atoms with Gasteiger partial charge in [-0.1, -0.05) is 29.8 Å². The topological polar surface area (TPSA) is 50.4 Å². The summed E-state index contributed by atoms with van der Waals surface area (Å²) in [5, 5.41) is 6.19. The Morgan fingerprint density at radius 2 is 1.91 bits per heavy atom.